The average Bonchev–Trinajstić information content (AvgIpc) is 1.51. The highest BCUT2D eigenvalue weighted by Gasteiger charge is 2.51. The number of benzene rings is 15. The largest absolute Gasteiger partial charge is 0.310 e. The Morgan fingerprint density at radius 3 is 1.31 bits per heavy atom. The van der Waals surface area contributed by atoms with Crippen LogP contribution in [-0.2, 0) is 10.8 Å². The van der Waals surface area contributed by atoms with E-state index in [1.165, 1.54) is 105 Å². The molecular weight excluding hydrogens is 1160 g/mol. The molecule has 448 valence electrons. The highest BCUT2D eigenvalue weighted by molar-refractivity contribution is 6.26. The van der Waals surface area contributed by atoms with Crippen molar-refractivity contribution in [3.63, 3.8) is 0 Å². The van der Waals surface area contributed by atoms with Gasteiger partial charge in [-0.25, -0.2) is 4.98 Å². The topological polar surface area (TPSA) is 46.8 Å². The van der Waals surface area contributed by atoms with Crippen LogP contribution in [-0.4, -0.2) is 19.5 Å². The molecule has 0 saturated heterocycles. The standard InChI is InChI=1S/C91H59N5/c1-90(2)79-39-17-13-38-73(79)76-54-78-77-51-60(59-28-22-30-63(50-59)95(62-29-21-27-58(49-62)56-23-5-3-6-24-56)64-45-47-69-67-33-10-9-31-65(67)66-32-11-12-34-68(66)75(69)53-64)44-48-85(77)96(86(78)55-83(76)90)89-93-87(57-25-7-4-8-26-57)92-88(94-89)61-43-46-74-72-37-16-20-42-82(72)91(84(74)52-61)80-40-18-14-35-70(80)71-36-15-19-41-81(71)91/h3-55H,1-2H3. The Balaban J connectivity index is 0.790. The number of anilines is 3. The van der Waals surface area contributed by atoms with Gasteiger partial charge in [0.25, 0.3) is 0 Å². The predicted octanol–water partition coefficient (Wildman–Crippen LogP) is 23.2. The maximum atomic E-state index is 5.70. The van der Waals surface area contributed by atoms with Crippen LogP contribution in [0.4, 0.5) is 17.1 Å². The van der Waals surface area contributed by atoms with Gasteiger partial charge in [0.1, 0.15) is 0 Å². The Labute approximate surface area is 556 Å². The van der Waals surface area contributed by atoms with E-state index in [1.54, 1.807) is 0 Å². The molecule has 0 bridgehead atoms. The lowest BCUT2D eigenvalue weighted by atomic mass is 9.70. The molecule has 0 N–H and O–H groups in total. The van der Waals surface area contributed by atoms with Crippen molar-refractivity contribution in [1.29, 1.82) is 0 Å². The van der Waals surface area contributed by atoms with Crippen molar-refractivity contribution in [2.75, 3.05) is 4.90 Å². The third kappa shape index (κ3) is 7.83. The monoisotopic (exact) mass is 1220 g/mol. The van der Waals surface area contributed by atoms with Crippen LogP contribution in [0.5, 0.6) is 0 Å². The van der Waals surface area contributed by atoms with Crippen LogP contribution in [0.1, 0.15) is 47.2 Å². The van der Waals surface area contributed by atoms with Gasteiger partial charge in [-0.15, -0.1) is 0 Å². The van der Waals surface area contributed by atoms with E-state index in [2.05, 4.69) is 345 Å². The van der Waals surface area contributed by atoms with Crippen molar-refractivity contribution in [3.05, 3.63) is 355 Å². The maximum Gasteiger partial charge on any atom is 0.238 e. The molecule has 3 aliphatic carbocycles. The van der Waals surface area contributed by atoms with Gasteiger partial charge in [0.15, 0.2) is 11.6 Å². The first kappa shape index (κ1) is 54.3. The molecular formula is C91H59N5. The molecule has 0 saturated carbocycles. The van der Waals surface area contributed by atoms with E-state index in [1.807, 2.05) is 0 Å². The van der Waals surface area contributed by atoms with Gasteiger partial charge in [-0.1, -0.05) is 269 Å². The zero-order valence-corrected chi connectivity index (χ0v) is 52.8. The lowest BCUT2D eigenvalue weighted by molar-refractivity contribution is 0.661. The summed E-state index contributed by atoms with van der Waals surface area (Å²) >= 11 is 0. The van der Waals surface area contributed by atoms with Gasteiger partial charge < -0.3 is 4.90 Å². The van der Waals surface area contributed by atoms with E-state index in [0.29, 0.717) is 17.6 Å². The van der Waals surface area contributed by atoms with Crippen LogP contribution >= 0.6 is 0 Å². The fourth-order valence-corrected chi connectivity index (χ4v) is 16.9. The van der Waals surface area contributed by atoms with Gasteiger partial charge in [-0.05, 0) is 188 Å². The number of aromatic nitrogens is 4. The van der Waals surface area contributed by atoms with E-state index >= 15 is 0 Å². The molecule has 17 aromatic rings. The molecule has 5 nitrogen and oxygen atoms in total. The van der Waals surface area contributed by atoms with E-state index in [4.69, 9.17) is 15.0 Å². The van der Waals surface area contributed by atoms with Crippen LogP contribution in [0, 0.1) is 0 Å². The summed E-state index contributed by atoms with van der Waals surface area (Å²) in [5.74, 6) is 1.77. The first-order chi connectivity index (χ1) is 47.3. The lowest BCUT2D eigenvalue weighted by Crippen LogP contribution is -2.25. The Kier molecular flexibility index (Phi) is 11.6. The van der Waals surface area contributed by atoms with Gasteiger partial charge in [0.2, 0.25) is 5.95 Å². The fourth-order valence-electron chi connectivity index (χ4n) is 16.9. The number of nitrogens with zero attached hydrogens (tertiary/aromatic N) is 5. The summed E-state index contributed by atoms with van der Waals surface area (Å²) in [4.78, 5) is 19.2. The number of hydrogen-bond acceptors (Lipinski definition) is 4. The van der Waals surface area contributed by atoms with E-state index in [9.17, 15) is 0 Å². The summed E-state index contributed by atoms with van der Waals surface area (Å²) in [6.07, 6.45) is 0. The molecule has 5 heteroatoms. The van der Waals surface area contributed by atoms with Crippen molar-refractivity contribution in [2.45, 2.75) is 24.7 Å². The van der Waals surface area contributed by atoms with Crippen molar-refractivity contribution < 1.29 is 0 Å². The maximum absolute atomic E-state index is 5.70. The molecule has 0 fully saturated rings. The second kappa shape index (κ2) is 20.6. The van der Waals surface area contributed by atoms with Crippen molar-refractivity contribution in [1.82, 2.24) is 19.5 Å². The van der Waals surface area contributed by atoms with E-state index in [0.717, 1.165) is 66.7 Å². The highest BCUT2D eigenvalue weighted by Crippen LogP contribution is 2.63. The van der Waals surface area contributed by atoms with Crippen molar-refractivity contribution in [2.24, 2.45) is 0 Å². The van der Waals surface area contributed by atoms with Crippen molar-refractivity contribution in [3.8, 4) is 84.4 Å². The summed E-state index contributed by atoms with van der Waals surface area (Å²) in [5, 5.41) is 9.69. The quantitative estimate of drug-likeness (QED) is 0.142. The van der Waals surface area contributed by atoms with Crippen LogP contribution in [0.25, 0.3) is 138 Å². The summed E-state index contributed by atoms with van der Waals surface area (Å²) in [5.41, 5.74) is 26.1. The molecule has 0 unspecified atom stereocenters. The summed E-state index contributed by atoms with van der Waals surface area (Å²) < 4.78 is 2.31. The summed E-state index contributed by atoms with van der Waals surface area (Å²) in [6.45, 7) is 4.72. The Bertz CT molecular complexity index is 6040. The van der Waals surface area contributed by atoms with Gasteiger partial charge in [-0.2, -0.15) is 9.97 Å². The Hall–Kier alpha value is -12.3. The molecule has 1 spiro atoms. The molecule has 15 aromatic carbocycles. The number of fused-ring (bicyclic) bond motifs is 22. The zero-order chi connectivity index (χ0) is 63.4. The van der Waals surface area contributed by atoms with E-state index in [-0.39, 0.29) is 5.41 Å². The highest BCUT2D eigenvalue weighted by atomic mass is 15.2. The van der Waals surface area contributed by atoms with Gasteiger partial charge >= 0.3 is 0 Å². The zero-order valence-electron chi connectivity index (χ0n) is 52.8. The smallest absolute Gasteiger partial charge is 0.238 e. The second-order valence-electron chi connectivity index (χ2n) is 26.6. The minimum Gasteiger partial charge on any atom is -0.310 e. The van der Waals surface area contributed by atoms with E-state index < -0.39 is 5.41 Å². The Morgan fingerprint density at radius 1 is 0.250 bits per heavy atom. The SMILES string of the molecule is CC1(C)c2ccccc2-c2cc3c4cc(-c5cccc(N(c6cccc(-c7ccccc7)c6)c6ccc7c8ccccc8c8ccccc8c7c6)c5)ccc4n(-c4nc(-c5ccccc5)nc(-c5ccc6c(c5)C5(c7ccccc7-c7ccccc75)c5ccccc5-6)n4)c3cc21. The Morgan fingerprint density at radius 2 is 0.698 bits per heavy atom. The normalized spacial score (nSPS) is 13.5. The molecule has 20 rings (SSSR count). The number of hydrogen-bond donors (Lipinski definition) is 0. The molecule has 0 atom stereocenters. The summed E-state index contributed by atoms with van der Waals surface area (Å²) in [6, 6.07) is 118. The molecule has 3 aliphatic rings. The molecule has 2 aromatic heterocycles. The van der Waals surface area contributed by atoms with Gasteiger partial charge in [-0.3, -0.25) is 4.57 Å². The van der Waals surface area contributed by atoms with Crippen LogP contribution in [0.15, 0.2) is 322 Å². The third-order valence-electron chi connectivity index (χ3n) is 21.2. The number of rotatable bonds is 8. The predicted molar refractivity (Wildman–Crippen MR) is 397 cm³/mol. The molecule has 96 heavy (non-hydrogen) atoms. The fraction of sp³-hybridized carbons (Fsp3) is 0.0440. The van der Waals surface area contributed by atoms with Crippen molar-refractivity contribution >= 4 is 71.2 Å². The van der Waals surface area contributed by atoms with Crippen LogP contribution in [0.3, 0.4) is 0 Å². The average molecular weight is 1220 g/mol. The minimum atomic E-state index is -0.532. The third-order valence-corrected chi connectivity index (χ3v) is 21.2. The first-order valence-corrected chi connectivity index (χ1v) is 33.2. The molecule has 0 radical (unpaired) electrons. The summed E-state index contributed by atoms with van der Waals surface area (Å²) in [7, 11) is 0. The van der Waals surface area contributed by atoms with Crippen LogP contribution < -0.4 is 4.90 Å². The van der Waals surface area contributed by atoms with Gasteiger partial charge in [0.05, 0.1) is 16.4 Å². The first-order valence-electron chi connectivity index (χ1n) is 33.2. The second-order valence-corrected chi connectivity index (χ2v) is 26.6. The lowest BCUT2D eigenvalue weighted by Gasteiger charge is -2.30. The molecule has 0 amide bonds. The minimum absolute atomic E-state index is 0.264. The van der Waals surface area contributed by atoms with Crippen LogP contribution in [0.2, 0.25) is 0 Å². The molecule has 2 heterocycles. The van der Waals surface area contributed by atoms with Gasteiger partial charge in [0, 0.05) is 44.4 Å². The molecule has 0 aliphatic heterocycles.